The van der Waals surface area contributed by atoms with Gasteiger partial charge in [0.15, 0.2) is 12.2 Å². The van der Waals surface area contributed by atoms with Crippen molar-refractivity contribution in [1.29, 1.82) is 0 Å². The molecule has 0 rings (SSSR count). The quantitative estimate of drug-likeness (QED) is 0.0257. The normalized spacial score (nSPS) is 12.8. The Morgan fingerprint density at radius 3 is 0.571 bits per heavy atom. The number of esters is 4. The molecule has 0 aliphatic heterocycles. The van der Waals surface area contributed by atoms with Gasteiger partial charge in [-0.25, -0.2) is 0 Å². The second-order valence-corrected chi connectivity index (χ2v) is 24.9. The average Bonchev–Trinajstić information content (AvgIpc) is 3.64. The first-order valence-electron chi connectivity index (χ1n) is 36.4. The van der Waals surface area contributed by atoms with Crippen molar-refractivity contribution < 1.29 is 58.6 Å². The van der Waals surface area contributed by atoms with Crippen LogP contribution in [-0.2, 0) is 38.1 Å². The molecule has 0 spiro atoms. The minimum absolute atomic E-state index is 0.236. The lowest BCUT2D eigenvalue weighted by Gasteiger charge is -2.27. The van der Waals surface area contributed by atoms with Crippen LogP contribution in [0.15, 0.2) is 0 Å². The van der Waals surface area contributed by atoms with E-state index in [1.54, 1.807) is 0 Å². The van der Waals surface area contributed by atoms with E-state index in [2.05, 4.69) is 27.7 Å². The van der Waals surface area contributed by atoms with Gasteiger partial charge in [-0.2, -0.15) is 0 Å². The van der Waals surface area contributed by atoms with Crippen LogP contribution in [-0.4, -0.2) is 95.1 Å². The number of carbonyl (C=O) groups excluding carboxylic acids is 4. The Morgan fingerprint density at radius 1 is 0.250 bits per heavy atom. The van der Waals surface area contributed by atoms with Gasteiger partial charge in [0.2, 0.25) is 0 Å². The van der Waals surface area contributed by atoms with Crippen LogP contribution >= 0.6 is 0 Å². The lowest BCUT2D eigenvalue weighted by molar-refractivity contribution is -0.183. The Morgan fingerprint density at radius 2 is 0.405 bits per heavy atom. The van der Waals surface area contributed by atoms with Crippen molar-refractivity contribution in [2.75, 3.05) is 26.4 Å². The molecular weight excluding hydrogens is 1060 g/mol. The van der Waals surface area contributed by atoms with E-state index < -0.39 is 49.6 Å². The highest BCUT2D eigenvalue weighted by molar-refractivity contribution is 5.72. The van der Waals surface area contributed by atoms with Crippen molar-refractivity contribution in [3.63, 3.8) is 0 Å². The van der Waals surface area contributed by atoms with Crippen molar-refractivity contribution >= 4 is 23.9 Å². The summed E-state index contributed by atoms with van der Waals surface area (Å²) in [5.74, 6) is -1.51. The Balaban J connectivity index is 0. The summed E-state index contributed by atoms with van der Waals surface area (Å²) in [6.07, 6.45) is 59.9. The van der Waals surface area contributed by atoms with E-state index in [-0.39, 0.29) is 50.8 Å². The summed E-state index contributed by atoms with van der Waals surface area (Å²) in [7, 11) is 0. The lowest BCUT2D eigenvalue weighted by atomic mass is 10.0. The molecule has 0 bridgehead atoms. The zero-order valence-corrected chi connectivity index (χ0v) is 55.8. The average molecular weight is 1200 g/mol. The van der Waals surface area contributed by atoms with E-state index in [1.807, 2.05) is 0 Å². The summed E-state index contributed by atoms with van der Waals surface area (Å²) in [5, 5.41) is 33.2. The third-order valence-electron chi connectivity index (χ3n) is 16.6. The molecule has 4 N–H and O–H groups in total. The second-order valence-electron chi connectivity index (χ2n) is 24.9. The van der Waals surface area contributed by atoms with Gasteiger partial charge in [0.1, 0.15) is 25.4 Å². The SMILES string of the molecule is CCCCCCCCCCCCCCCC(=O)OCC(OC(=O)CCCCCCCCCCCCCCC)C(COC(=O)CCCCCCCCCCCCCCC)OC(=O)CCCCCCCCCCCCCCC.OCC(O)C(O)CO. The molecule has 0 aromatic rings. The Kier molecular flexibility index (Phi) is 69.6. The fraction of sp³-hybridized carbons (Fsp3) is 0.944. The summed E-state index contributed by atoms with van der Waals surface area (Å²) in [6, 6.07) is 0. The molecular formula is C72H140O12. The molecule has 4 atom stereocenters. The smallest absolute Gasteiger partial charge is 0.306 e. The molecule has 0 amide bonds. The van der Waals surface area contributed by atoms with Crippen molar-refractivity contribution in [3.8, 4) is 0 Å². The van der Waals surface area contributed by atoms with Crippen LogP contribution in [0, 0.1) is 0 Å². The molecule has 500 valence electrons. The van der Waals surface area contributed by atoms with Crippen molar-refractivity contribution in [2.45, 2.75) is 412 Å². The summed E-state index contributed by atoms with van der Waals surface area (Å²) in [5.41, 5.74) is 0. The Bertz CT molecular complexity index is 1260. The highest BCUT2D eigenvalue weighted by atomic mass is 16.6. The number of ether oxygens (including phenoxy) is 4. The molecule has 0 radical (unpaired) electrons. The van der Waals surface area contributed by atoms with E-state index in [1.165, 1.54) is 257 Å². The highest BCUT2D eigenvalue weighted by Gasteiger charge is 2.32. The van der Waals surface area contributed by atoms with Gasteiger partial charge in [0, 0.05) is 25.7 Å². The summed E-state index contributed by atoms with van der Waals surface area (Å²) in [4.78, 5) is 53.3. The van der Waals surface area contributed by atoms with E-state index in [4.69, 9.17) is 39.4 Å². The van der Waals surface area contributed by atoms with Gasteiger partial charge in [-0.05, 0) is 25.7 Å². The summed E-state index contributed by atoms with van der Waals surface area (Å²) >= 11 is 0. The molecule has 4 unspecified atom stereocenters. The largest absolute Gasteiger partial charge is 0.462 e. The van der Waals surface area contributed by atoms with Crippen LogP contribution in [0.5, 0.6) is 0 Å². The molecule has 0 heterocycles. The van der Waals surface area contributed by atoms with Crippen molar-refractivity contribution in [1.82, 2.24) is 0 Å². The number of unbranched alkanes of at least 4 members (excludes halogenated alkanes) is 48. The van der Waals surface area contributed by atoms with Gasteiger partial charge in [-0.15, -0.1) is 0 Å². The minimum atomic E-state index is -1.22. The van der Waals surface area contributed by atoms with E-state index >= 15 is 0 Å². The molecule has 0 aromatic carbocycles. The molecule has 0 saturated heterocycles. The zero-order chi connectivity index (χ0) is 61.9. The van der Waals surface area contributed by atoms with Crippen LogP contribution in [0.3, 0.4) is 0 Å². The third kappa shape index (κ3) is 64.2. The molecule has 0 aliphatic carbocycles. The monoisotopic (exact) mass is 1200 g/mol. The molecule has 0 fully saturated rings. The topological polar surface area (TPSA) is 186 Å². The number of hydrogen-bond acceptors (Lipinski definition) is 12. The van der Waals surface area contributed by atoms with Crippen LogP contribution < -0.4 is 0 Å². The van der Waals surface area contributed by atoms with Gasteiger partial charge < -0.3 is 39.4 Å². The number of aliphatic hydroxyl groups is 4. The second kappa shape index (κ2) is 69.8. The van der Waals surface area contributed by atoms with E-state index in [9.17, 15) is 19.2 Å². The van der Waals surface area contributed by atoms with Crippen LogP contribution in [0.1, 0.15) is 387 Å². The molecule has 12 heteroatoms. The third-order valence-corrected chi connectivity index (χ3v) is 16.6. The molecule has 12 nitrogen and oxygen atoms in total. The predicted molar refractivity (Wildman–Crippen MR) is 349 cm³/mol. The fourth-order valence-corrected chi connectivity index (χ4v) is 10.8. The standard InChI is InChI=1S/C68H130O8.C4H10O4/c1-5-9-13-17-21-25-29-33-37-41-45-49-53-57-65(69)73-61-63(75-67(71)59-55-51-47-43-39-35-31-27-23-19-15-11-7-3)64(76-68(72)60-56-52-48-44-40-36-32-28-24-20-16-12-8-4)62-74-66(70)58-54-50-46-42-38-34-30-26-22-18-14-10-6-2;5-1-3(7)4(8)2-6/h63-64H,5-62H2,1-4H3;3-8H,1-2H2. The van der Waals surface area contributed by atoms with Crippen LogP contribution in [0.2, 0.25) is 0 Å². The summed E-state index contributed by atoms with van der Waals surface area (Å²) in [6.45, 7) is 7.52. The predicted octanol–water partition coefficient (Wildman–Crippen LogP) is 19.5. The first-order valence-corrected chi connectivity index (χ1v) is 36.4. The maximum atomic E-state index is 13.5. The number of carbonyl (C=O) groups is 4. The van der Waals surface area contributed by atoms with Crippen molar-refractivity contribution in [3.05, 3.63) is 0 Å². The van der Waals surface area contributed by atoms with E-state index in [0.29, 0.717) is 12.8 Å². The first kappa shape index (κ1) is 83.8. The van der Waals surface area contributed by atoms with Gasteiger partial charge >= 0.3 is 23.9 Å². The van der Waals surface area contributed by atoms with Crippen LogP contribution in [0.25, 0.3) is 0 Å². The van der Waals surface area contributed by atoms with Gasteiger partial charge in [-0.3, -0.25) is 19.2 Å². The van der Waals surface area contributed by atoms with Crippen LogP contribution in [0.4, 0.5) is 0 Å². The lowest BCUT2D eigenvalue weighted by Crippen LogP contribution is -2.42. The maximum absolute atomic E-state index is 13.5. The number of rotatable bonds is 66. The Labute approximate surface area is 518 Å². The van der Waals surface area contributed by atoms with Gasteiger partial charge in [0.25, 0.3) is 0 Å². The Hall–Kier alpha value is -2.28. The highest BCUT2D eigenvalue weighted by Crippen LogP contribution is 2.20. The number of aliphatic hydroxyl groups excluding tert-OH is 4. The maximum Gasteiger partial charge on any atom is 0.306 e. The van der Waals surface area contributed by atoms with Gasteiger partial charge in [-0.1, -0.05) is 336 Å². The van der Waals surface area contributed by atoms with E-state index in [0.717, 1.165) is 64.2 Å². The van der Waals surface area contributed by atoms with Crippen molar-refractivity contribution in [2.24, 2.45) is 0 Å². The number of hydrogen-bond donors (Lipinski definition) is 4. The zero-order valence-electron chi connectivity index (χ0n) is 55.8. The molecule has 84 heavy (non-hydrogen) atoms. The fourth-order valence-electron chi connectivity index (χ4n) is 10.8. The molecule has 0 aliphatic rings. The minimum Gasteiger partial charge on any atom is -0.462 e. The summed E-state index contributed by atoms with van der Waals surface area (Å²) < 4.78 is 23.7. The molecule has 0 aromatic heterocycles. The first-order chi connectivity index (χ1) is 41.1. The van der Waals surface area contributed by atoms with Gasteiger partial charge in [0.05, 0.1) is 13.2 Å². The molecule has 0 saturated carbocycles.